The lowest BCUT2D eigenvalue weighted by molar-refractivity contribution is -0.138. The number of amides is 1. The van der Waals surface area contributed by atoms with Crippen molar-refractivity contribution in [3.05, 3.63) is 70.7 Å². The average Bonchev–Trinajstić information content (AvgIpc) is 2.53. The van der Waals surface area contributed by atoms with E-state index in [9.17, 15) is 15.0 Å². The molecule has 0 saturated heterocycles. The summed E-state index contributed by atoms with van der Waals surface area (Å²) >= 11 is 5.80. The zero-order valence-electron chi connectivity index (χ0n) is 12.9. The Hall–Kier alpha value is -1.88. The first-order valence-electron chi connectivity index (χ1n) is 7.36. The minimum absolute atomic E-state index is 0.0193. The van der Waals surface area contributed by atoms with Gasteiger partial charge in [-0.15, -0.1) is 0 Å². The van der Waals surface area contributed by atoms with Gasteiger partial charge in [-0.05, 0) is 30.2 Å². The van der Waals surface area contributed by atoms with Crippen LogP contribution in [0.5, 0.6) is 0 Å². The topological polar surface area (TPSA) is 69.6 Å². The van der Waals surface area contributed by atoms with Crippen LogP contribution in [-0.2, 0) is 11.2 Å². The van der Waals surface area contributed by atoms with Crippen molar-refractivity contribution in [1.82, 2.24) is 5.32 Å². The Labute approximate surface area is 140 Å². The fourth-order valence-corrected chi connectivity index (χ4v) is 2.38. The second-order valence-electron chi connectivity index (χ2n) is 5.71. The summed E-state index contributed by atoms with van der Waals surface area (Å²) in [7, 11) is 0. The number of nitrogens with one attached hydrogen (secondary N) is 1. The number of carbonyl (C=O) groups excluding carboxylic acids is 1. The smallest absolute Gasteiger partial charge is 0.252 e. The number of aliphatic hydroxyl groups is 2. The standard InChI is InChI=1S/C18H20ClNO3/c1-18(23,11-13-5-3-2-4-6-13)17(22)20-12-16(21)14-7-9-15(19)10-8-14/h2-10,16,21,23H,11-12H2,1H3,(H,20,22)/t16-,18-/m0/s1. The lowest BCUT2D eigenvalue weighted by Gasteiger charge is -2.23. The van der Waals surface area contributed by atoms with E-state index < -0.39 is 17.6 Å². The van der Waals surface area contributed by atoms with E-state index in [0.717, 1.165) is 5.56 Å². The molecule has 5 heteroatoms. The highest BCUT2D eigenvalue weighted by molar-refractivity contribution is 6.30. The highest BCUT2D eigenvalue weighted by Crippen LogP contribution is 2.17. The molecular formula is C18H20ClNO3. The van der Waals surface area contributed by atoms with Crippen molar-refractivity contribution in [2.45, 2.75) is 25.0 Å². The molecule has 0 spiro atoms. The summed E-state index contributed by atoms with van der Waals surface area (Å²) in [6.45, 7) is 1.48. The third-order valence-corrected chi connectivity index (χ3v) is 3.84. The van der Waals surface area contributed by atoms with Crippen LogP contribution in [0.25, 0.3) is 0 Å². The molecule has 0 aromatic heterocycles. The minimum Gasteiger partial charge on any atom is -0.387 e. The maximum Gasteiger partial charge on any atom is 0.252 e. The predicted molar refractivity (Wildman–Crippen MR) is 90.2 cm³/mol. The highest BCUT2D eigenvalue weighted by atomic mass is 35.5. The summed E-state index contributed by atoms with van der Waals surface area (Å²) in [5.74, 6) is -0.519. The predicted octanol–water partition coefficient (Wildman–Crippen LogP) is 2.48. The van der Waals surface area contributed by atoms with Crippen LogP contribution in [0, 0.1) is 0 Å². The largest absolute Gasteiger partial charge is 0.387 e. The molecule has 0 unspecified atom stereocenters. The van der Waals surface area contributed by atoms with Gasteiger partial charge in [-0.2, -0.15) is 0 Å². The zero-order valence-corrected chi connectivity index (χ0v) is 13.6. The van der Waals surface area contributed by atoms with Gasteiger partial charge in [0.15, 0.2) is 0 Å². The van der Waals surface area contributed by atoms with E-state index in [1.165, 1.54) is 6.92 Å². The van der Waals surface area contributed by atoms with E-state index in [-0.39, 0.29) is 13.0 Å². The van der Waals surface area contributed by atoms with Crippen molar-refractivity contribution < 1.29 is 15.0 Å². The van der Waals surface area contributed by atoms with E-state index >= 15 is 0 Å². The van der Waals surface area contributed by atoms with Gasteiger partial charge in [0.2, 0.25) is 0 Å². The molecule has 23 heavy (non-hydrogen) atoms. The molecule has 122 valence electrons. The first-order chi connectivity index (χ1) is 10.9. The summed E-state index contributed by atoms with van der Waals surface area (Å²) < 4.78 is 0. The van der Waals surface area contributed by atoms with E-state index in [0.29, 0.717) is 10.6 Å². The van der Waals surface area contributed by atoms with Crippen LogP contribution < -0.4 is 5.32 Å². The quantitative estimate of drug-likeness (QED) is 0.760. The van der Waals surface area contributed by atoms with Gasteiger partial charge in [-0.3, -0.25) is 4.79 Å². The van der Waals surface area contributed by atoms with Crippen LogP contribution in [0.2, 0.25) is 5.02 Å². The Morgan fingerprint density at radius 3 is 2.39 bits per heavy atom. The molecule has 0 radical (unpaired) electrons. The first kappa shape index (κ1) is 17.5. The van der Waals surface area contributed by atoms with Crippen molar-refractivity contribution in [2.75, 3.05) is 6.54 Å². The molecule has 2 aromatic carbocycles. The van der Waals surface area contributed by atoms with Crippen molar-refractivity contribution in [1.29, 1.82) is 0 Å². The third-order valence-electron chi connectivity index (χ3n) is 3.59. The fraction of sp³-hybridized carbons (Fsp3) is 0.278. The molecule has 4 nitrogen and oxygen atoms in total. The number of carbonyl (C=O) groups is 1. The van der Waals surface area contributed by atoms with Gasteiger partial charge in [0, 0.05) is 18.0 Å². The second-order valence-corrected chi connectivity index (χ2v) is 6.15. The van der Waals surface area contributed by atoms with Crippen LogP contribution >= 0.6 is 11.6 Å². The van der Waals surface area contributed by atoms with Crippen molar-refractivity contribution in [3.8, 4) is 0 Å². The summed E-state index contributed by atoms with van der Waals surface area (Å²) in [5.41, 5.74) is -0.0237. The van der Waals surface area contributed by atoms with Gasteiger partial charge in [-0.25, -0.2) is 0 Å². The molecule has 0 aliphatic carbocycles. The normalized spacial score (nSPS) is 14.8. The maximum absolute atomic E-state index is 12.2. The molecule has 3 N–H and O–H groups in total. The summed E-state index contributed by atoms with van der Waals surface area (Å²) in [6, 6.07) is 16.0. The van der Waals surface area contributed by atoms with Gasteiger partial charge in [0.25, 0.3) is 5.91 Å². The van der Waals surface area contributed by atoms with Crippen LogP contribution in [0.4, 0.5) is 0 Å². The van der Waals surface area contributed by atoms with Crippen molar-refractivity contribution >= 4 is 17.5 Å². The van der Waals surface area contributed by atoms with Gasteiger partial charge < -0.3 is 15.5 Å². The number of benzene rings is 2. The van der Waals surface area contributed by atoms with Crippen LogP contribution in [0.15, 0.2) is 54.6 Å². The summed E-state index contributed by atoms with van der Waals surface area (Å²) in [6.07, 6.45) is -0.653. The Balaban J connectivity index is 1.91. The van der Waals surface area contributed by atoms with E-state index in [4.69, 9.17) is 11.6 Å². The number of hydrogen-bond donors (Lipinski definition) is 3. The Morgan fingerprint density at radius 1 is 1.17 bits per heavy atom. The maximum atomic E-state index is 12.2. The number of aliphatic hydroxyl groups excluding tert-OH is 1. The van der Waals surface area contributed by atoms with Crippen molar-refractivity contribution in [2.24, 2.45) is 0 Å². The molecule has 1 amide bonds. The Bertz CT molecular complexity index is 641. The third kappa shape index (κ3) is 5.06. The molecular weight excluding hydrogens is 314 g/mol. The van der Waals surface area contributed by atoms with E-state index in [1.807, 2.05) is 30.3 Å². The Morgan fingerprint density at radius 2 is 1.78 bits per heavy atom. The number of hydrogen-bond acceptors (Lipinski definition) is 3. The first-order valence-corrected chi connectivity index (χ1v) is 7.74. The van der Waals surface area contributed by atoms with Crippen LogP contribution in [0.3, 0.4) is 0 Å². The lowest BCUT2D eigenvalue weighted by Crippen LogP contribution is -2.47. The molecule has 0 bridgehead atoms. The van der Waals surface area contributed by atoms with E-state index in [1.54, 1.807) is 24.3 Å². The monoisotopic (exact) mass is 333 g/mol. The molecule has 0 fully saturated rings. The van der Waals surface area contributed by atoms with Crippen LogP contribution in [-0.4, -0.2) is 28.3 Å². The molecule has 2 aromatic rings. The SMILES string of the molecule is C[C@](O)(Cc1ccccc1)C(=O)NC[C@H](O)c1ccc(Cl)cc1. The number of rotatable bonds is 6. The summed E-state index contributed by atoms with van der Waals surface area (Å²) in [4.78, 5) is 12.2. The van der Waals surface area contributed by atoms with Crippen molar-refractivity contribution in [3.63, 3.8) is 0 Å². The average molecular weight is 334 g/mol. The van der Waals surface area contributed by atoms with Gasteiger partial charge in [0.1, 0.15) is 5.60 Å². The molecule has 0 heterocycles. The van der Waals surface area contributed by atoms with Gasteiger partial charge in [0.05, 0.1) is 6.10 Å². The molecule has 0 saturated carbocycles. The van der Waals surface area contributed by atoms with E-state index in [2.05, 4.69) is 5.32 Å². The van der Waals surface area contributed by atoms with Crippen LogP contribution in [0.1, 0.15) is 24.2 Å². The summed E-state index contributed by atoms with van der Waals surface area (Å²) in [5, 5.41) is 23.6. The minimum atomic E-state index is -1.54. The zero-order chi connectivity index (χ0) is 16.9. The molecule has 0 aliphatic rings. The molecule has 2 rings (SSSR count). The highest BCUT2D eigenvalue weighted by Gasteiger charge is 2.30. The lowest BCUT2D eigenvalue weighted by atomic mass is 9.95. The van der Waals surface area contributed by atoms with Gasteiger partial charge in [-0.1, -0.05) is 54.1 Å². The Kier molecular flexibility index (Phi) is 5.77. The number of halogens is 1. The fourth-order valence-electron chi connectivity index (χ4n) is 2.26. The van der Waals surface area contributed by atoms with Gasteiger partial charge >= 0.3 is 0 Å². The molecule has 2 atom stereocenters. The second kappa shape index (κ2) is 7.59. The molecule has 0 aliphatic heterocycles.